The van der Waals surface area contributed by atoms with E-state index in [0.717, 1.165) is 28.0 Å². The number of hydrogen-bond acceptors (Lipinski definition) is 3. The molecule has 0 aliphatic rings. The number of furan rings is 1. The molecule has 2 unspecified atom stereocenters. The van der Waals surface area contributed by atoms with Gasteiger partial charge in [0.1, 0.15) is 17.4 Å². The average molecular weight is 370 g/mol. The minimum atomic E-state index is -0.510. The topological polar surface area (TPSA) is 54.3 Å². The first-order valence-corrected chi connectivity index (χ1v) is 9.36. The maximum Gasteiger partial charge on any atom is 0.246 e. The molecule has 4 nitrogen and oxygen atoms in total. The highest BCUT2D eigenvalue weighted by molar-refractivity contribution is 5.95. The summed E-state index contributed by atoms with van der Waals surface area (Å²) in [6, 6.07) is 28.5. The van der Waals surface area contributed by atoms with Gasteiger partial charge in [-0.2, -0.15) is 0 Å². The van der Waals surface area contributed by atoms with E-state index in [1.54, 1.807) is 0 Å². The van der Waals surface area contributed by atoms with E-state index in [-0.39, 0.29) is 11.9 Å². The van der Waals surface area contributed by atoms with Crippen LogP contribution in [-0.4, -0.2) is 5.91 Å². The van der Waals surface area contributed by atoms with Crippen molar-refractivity contribution in [2.45, 2.75) is 19.0 Å². The number of carbonyl (C=O) groups is 1. The van der Waals surface area contributed by atoms with Crippen LogP contribution in [0.4, 0.5) is 5.69 Å². The van der Waals surface area contributed by atoms with Gasteiger partial charge >= 0.3 is 0 Å². The van der Waals surface area contributed by atoms with Gasteiger partial charge in [-0.15, -0.1) is 0 Å². The molecule has 0 radical (unpaired) electrons. The molecule has 0 spiro atoms. The molecule has 2 atom stereocenters. The molecule has 0 aliphatic carbocycles. The predicted molar refractivity (Wildman–Crippen MR) is 112 cm³/mol. The Morgan fingerprint density at radius 2 is 1.50 bits per heavy atom. The highest BCUT2D eigenvalue weighted by atomic mass is 16.3. The van der Waals surface area contributed by atoms with Gasteiger partial charge in [0.15, 0.2) is 0 Å². The Bertz CT molecular complexity index is 1020. The van der Waals surface area contributed by atoms with Crippen molar-refractivity contribution in [3.8, 4) is 0 Å². The van der Waals surface area contributed by atoms with Gasteiger partial charge in [0, 0.05) is 11.1 Å². The van der Waals surface area contributed by atoms with Gasteiger partial charge < -0.3 is 9.73 Å². The smallest absolute Gasteiger partial charge is 0.246 e. The van der Waals surface area contributed by atoms with Crippen molar-refractivity contribution in [2.24, 2.45) is 0 Å². The Balaban J connectivity index is 1.59. The summed E-state index contributed by atoms with van der Waals surface area (Å²) in [6.45, 7) is 2.00. The van der Waals surface area contributed by atoms with Crippen LogP contribution >= 0.6 is 0 Å². The third-order valence-electron chi connectivity index (χ3n) is 4.72. The van der Waals surface area contributed by atoms with Crippen molar-refractivity contribution in [2.75, 3.05) is 5.32 Å². The highest BCUT2D eigenvalue weighted by Gasteiger charge is 2.24. The minimum absolute atomic E-state index is 0.111. The number of rotatable bonds is 6. The summed E-state index contributed by atoms with van der Waals surface area (Å²) in [5, 5.41) is 7.47. The lowest BCUT2D eigenvalue weighted by atomic mass is 10.0. The summed E-state index contributed by atoms with van der Waals surface area (Å²) in [4.78, 5) is 13.0. The predicted octanol–water partition coefficient (Wildman–Crippen LogP) is 5.46. The minimum Gasteiger partial charge on any atom is -0.459 e. The fourth-order valence-corrected chi connectivity index (χ4v) is 3.25. The van der Waals surface area contributed by atoms with Gasteiger partial charge in [0.05, 0.1) is 6.04 Å². The van der Waals surface area contributed by atoms with Crippen molar-refractivity contribution in [1.82, 2.24) is 5.32 Å². The number of anilines is 1. The quantitative estimate of drug-likeness (QED) is 0.474. The van der Waals surface area contributed by atoms with Crippen LogP contribution in [-0.2, 0) is 4.79 Å². The van der Waals surface area contributed by atoms with Gasteiger partial charge in [0.2, 0.25) is 5.91 Å². The van der Waals surface area contributed by atoms with Crippen LogP contribution in [0.3, 0.4) is 0 Å². The SMILES string of the molecule is CC(NC(C(=O)Nc1ccccc1)c1ccccc1)c1cc2ccccc2o1. The standard InChI is InChI=1S/C24H22N2O2/c1-17(22-16-19-12-8-9-15-21(19)28-22)25-23(18-10-4-2-5-11-18)24(27)26-20-13-6-3-7-14-20/h2-17,23,25H,1H3,(H,26,27). The fraction of sp³-hybridized carbons (Fsp3) is 0.125. The first kappa shape index (κ1) is 18.0. The van der Waals surface area contributed by atoms with Gasteiger partial charge in [0.25, 0.3) is 0 Å². The van der Waals surface area contributed by atoms with Crippen LogP contribution in [0.1, 0.15) is 30.3 Å². The Morgan fingerprint density at radius 1 is 0.857 bits per heavy atom. The highest BCUT2D eigenvalue weighted by Crippen LogP contribution is 2.26. The van der Waals surface area contributed by atoms with E-state index in [1.165, 1.54) is 0 Å². The molecule has 0 aliphatic heterocycles. The summed E-state index contributed by atoms with van der Waals surface area (Å²) >= 11 is 0. The van der Waals surface area contributed by atoms with Crippen molar-refractivity contribution in [1.29, 1.82) is 0 Å². The first-order valence-electron chi connectivity index (χ1n) is 9.36. The first-order chi connectivity index (χ1) is 13.7. The zero-order chi connectivity index (χ0) is 19.3. The van der Waals surface area contributed by atoms with Crippen LogP contribution in [0.15, 0.2) is 95.4 Å². The van der Waals surface area contributed by atoms with E-state index in [4.69, 9.17) is 4.42 Å². The van der Waals surface area contributed by atoms with Crippen molar-refractivity contribution in [3.63, 3.8) is 0 Å². The van der Waals surface area contributed by atoms with E-state index in [0.29, 0.717) is 0 Å². The monoisotopic (exact) mass is 370 g/mol. The van der Waals surface area contributed by atoms with Crippen LogP contribution in [0.25, 0.3) is 11.0 Å². The number of benzene rings is 3. The van der Waals surface area contributed by atoms with Gasteiger partial charge in [-0.1, -0.05) is 66.7 Å². The number of nitrogens with one attached hydrogen (secondary N) is 2. The van der Waals surface area contributed by atoms with Crippen molar-refractivity contribution >= 4 is 22.6 Å². The third-order valence-corrected chi connectivity index (χ3v) is 4.72. The molecule has 0 fully saturated rings. The van der Waals surface area contributed by atoms with Crippen LogP contribution in [0, 0.1) is 0 Å². The second kappa shape index (κ2) is 8.11. The summed E-state index contributed by atoms with van der Waals surface area (Å²) in [5.41, 5.74) is 2.52. The molecule has 1 amide bonds. The largest absolute Gasteiger partial charge is 0.459 e. The molecule has 140 valence electrons. The maximum atomic E-state index is 13.0. The molecule has 4 heteroatoms. The normalized spacial score (nSPS) is 13.2. The Kier molecular flexibility index (Phi) is 5.22. The summed E-state index contributed by atoms with van der Waals surface area (Å²) in [6.07, 6.45) is 0. The third kappa shape index (κ3) is 3.97. The van der Waals surface area contributed by atoms with Crippen molar-refractivity contribution in [3.05, 3.63) is 102 Å². The van der Waals surface area contributed by atoms with Gasteiger partial charge in [-0.3, -0.25) is 10.1 Å². The van der Waals surface area contributed by atoms with E-state index in [2.05, 4.69) is 10.6 Å². The van der Waals surface area contributed by atoms with E-state index >= 15 is 0 Å². The molecule has 1 aromatic heterocycles. The molecule has 4 aromatic rings. The van der Waals surface area contributed by atoms with Gasteiger partial charge in [-0.25, -0.2) is 0 Å². The number of hydrogen-bond donors (Lipinski definition) is 2. The lowest BCUT2D eigenvalue weighted by molar-refractivity contribution is -0.118. The Morgan fingerprint density at radius 3 is 2.21 bits per heavy atom. The van der Waals surface area contributed by atoms with Gasteiger partial charge in [-0.05, 0) is 36.8 Å². The Hall–Kier alpha value is -3.37. The number of amides is 1. The molecule has 4 rings (SSSR count). The molecule has 0 bridgehead atoms. The zero-order valence-corrected chi connectivity index (χ0v) is 15.6. The van der Waals surface area contributed by atoms with Crippen LogP contribution in [0.5, 0.6) is 0 Å². The van der Waals surface area contributed by atoms with Crippen LogP contribution < -0.4 is 10.6 Å². The second-order valence-corrected chi connectivity index (χ2v) is 6.77. The molecule has 2 N–H and O–H groups in total. The summed E-state index contributed by atoms with van der Waals surface area (Å²) in [7, 11) is 0. The Labute approximate surface area is 164 Å². The molecular formula is C24H22N2O2. The zero-order valence-electron chi connectivity index (χ0n) is 15.6. The lowest BCUT2D eigenvalue weighted by Gasteiger charge is -2.22. The average Bonchev–Trinajstić information content (AvgIpc) is 3.17. The molecule has 1 heterocycles. The fourth-order valence-electron chi connectivity index (χ4n) is 3.25. The summed E-state index contributed by atoms with van der Waals surface area (Å²) in [5.74, 6) is 0.690. The molecule has 0 saturated heterocycles. The van der Waals surface area contributed by atoms with Crippen LogP contribution in [0.2, 0.25) is 0 Å². The van der Waals surface area contributed by atoms with E-state index < -0.39 is 6.04 Å². The molecular weight excluding hydrogens is 348 g/mol. The molecule has 28 heavy (non-hydrogen) atoms. The number of carbonyl (C=O) groups excluding carboxylic acids is 1. The van der Waals surface area contributed by atoms with Crippen molar-refractivity contribution < 1.29 is 9.21 Å². The number of fused-ring (bicyclic) bond motifs is 1. The number of para-hydroxylation sites is 2. The molecule has 0 saturated carbocycles. The molecule has 3 aromatic carbocycles. The lowest BCUT2D eigenvalue weighted by Crippen LogP contribution is -2.34. The van der Waals surface area contributed by atoms with E-state index in [9.17, 15) is 4.79 Å². The maximum absolute atomic E-state index is 13.0. The second-order valence-electron chi connectivity index (χ2n) is 6.77. The van der Waals surface area contributed by atoms with E-state index in [1.807, 2.05) is 97.9 Å². The summed E-state index contributed by atoms with van der Waals surface area (Å²) < 4.78 is 5.97.